The van der Waals surface area contributed by atoms with E-state index >= 15 is 0 Å². The van der Waals surface area contributed by atoms with Crippen LogP contribution in [0.25, 0.3) is 0 Å². The topological polar surface area (TPSA) is 75.4 Å². The number of likely N-dealkylation sites (N-methyl/N-ethyl adjacent to an activating group) is 1. The SMILES string of the molecule is CNC(=O)CCN(C)C(=O)[C@H](N)CC(C)C. The Morgan fingerprint density at radius 2 is 1.94 bits per heavy atom. The van der Waals surface area contributed by atoms with Crippen LogP contribution in [0.15, 0.2) is 0 Å². The Labute approximate surface area is 97.4 Å². The van der Waals surface area contributed by atoms with Gasteiger partial charge in [-0.3, -0.25) is 9.59 Å². The van der Waals surface area contributed by atoms with Gasteiger partial charge in [-0.25, -0.2) is 0 Å². The number of nitrogens with one attached hydrogen (secondary N) is 1. The van der Waals surface area contributed by atoms with Crippen LogP contribution < -0.4 is 11.1 Å². The lowest BCUT2D eigenvalue weighted by Crippen LogP contribution is -2.43. The van der Waals surface area contributed by atoms with Gasteiger partial charge in [0.25, 0.3) is 0 Å². The van der Waals surface area contributed by atoms with Gasteiger partial charge < -0.3 is 16.0 Å². The highest BCUT2D eigenvalue weighted by atomic mass is 16.2. The van der Waals surface area contributed by atoms with Crippen molar-refractivity contribution in [1.82, 2.24) is 10.2 Å². The molecule has 0 aliphatic rings. The summed E-state index contributed by atoms with van der Waals surface area (Å²) in [5, 5.41) is 2.51. The molecule has 0 aromatic heterocycles. The lowest BCUT2D eigenvalue weighted by Gasteiger charge is -2.21. The van der Waals surface area contributed by atoms with E-state index in [0.29, 0.717) is 25.3 Å². The van der Waals surface area contributed by atoms with Crippen molar-refractivity contribution in [3.05, 3.63) is 0 Å². The molecular formula is C11H23N3O2. The van der Waals surface area contributed by atoms with Crippen LogP contribution in [-0.4, -0.2) is 43.4 Å². The van der Waals surface area contributed by atoms with Gasteiger partial charge in [-0.1, -0.05) is 13.8 Å². The largest absolute Gasteiger partial charge is 0.359 e. The number of hydrogen-bond acceptors (Lipinski definition) is 3. The molecule has 94 valence electrons. The smallest absolute Gasteiger partial charge is 0.239 e. The zero-order valence-corrected chi connectivity index (χ0v) is 10.6. The average Bonchev–Trinajstić information content (AvgIpc) is 2.23. The summed E-state index contributed by atoms with van der Waals surface area (Å²) in [4.78, 5) is 24.3. The highest BCUT2D eigenvalue weighted by molar-refractivity contribution is 5.82. The standard InChI is InChI=1S/C11H23N3O2/c1-8(2)7-9(12)11(16)14(4)6-5-10(15)13-3/h8-9H,5-7,12H2,1-4H3,(H,13,15)/t9-/m1/s1. The first-order valence-corrected chi connectivity index (χ1v) is 5.59. The van der Waals surface area contributed by atoms with Crippen LogP contribution in [0.3, 0.4) is 0 Å². The molecule has 5 heteroatoms. The quantitative estimate of drug-likeness (QED) is 0.671. The second kappa shape index (κ2) is 7.22. The highest BCUT2D eigenvalue weighted by Crippen LogP contribution is 2.05. The lowest BCUT2D eigenvalue weighted by molar-refractivity contribution is -0.132. The Hall–Kier alpha value is -1.10. The van der Waals surface area contributed by atoms with E-state index in [4.69, 9.17) is 5.73 Å². The Kier molecular flexibility index (Phi) is 6.72. The number of carbonyl (C=O) groups excluding carboxylic acids is 2. The van der Waals surface area contributed by atoms with E-state index < -0.39 is 6.04 Å². The molecule has 0 aromatic rings. The first-order valence-electron chi connectivity index (χ1n) is 5.59. The molecule has 0 spiro atoms. The monoisotopic (exact) mass is 229 g/mol. The van der Waals surface area contributed by atoms with Gasteiger partial charge in [-0.2, -0.15) is 0 Å². The van der Waals surface area contributed by atoms with Crippen LogP contribution in [0.2, 0.25) is 0 Å². The van der Waals surface area contributed by atoms with Gasteiger partial charge in [0.1, 0.15) is 0 Å². The molecule has 5 nitrogen and oxygen atoms in total. The molecule has 0 aromatic carbocycles. The molecular weight excluding hydrogens is 206 g/mol. The molecule has 0 rings (SSSR count). The highest BCUT2D eigenvalue weighted by Gasteiger charge is 2.19. The van der Waals surface area contributed by atoms with Gasteiger partial charge in [-0.15, -0.1) is 0 Å². The fraction of sp³-hybridized carbons (Fsp3) is 0.818. The fourth-order valence-electron chi connectivity index (χ4n) is 1.40. The van der Waals surface area contributed by atoms with Crippen LogP contribution in [-0.2, 0) is 9.59 Å². The summed E-state index contributed by atoms with van der Waals surface area (Å²) in [5.41, 5.74) is 5.77. The predicted molar refractivity (Wildman–Crippen MR) is 63.8 cm³/mol. The van der Waals surface area contributed by atoms with Crippen molar-refractivity contribution in [3.8, 4) is 0 Å². The molecule has 0 radical (unpaired) electrons. The molecule has 0 saturated carbocycles. The van der Waals surface area contributed by atoms with E-state index in [1.165, 1.54) is 4.90 Å². The van der Waals surface area contributed by atoms with Gasteiger partial charge in [-0.05, 0) is 12.3 Å². The predicted octanol–water partition coefficient (Wildman–Crippen LogP) is -0.0457. The summed E-state index contributed by atoms with van der Waals surface area (Å²) in [6, 6.07) is -0.463. The van der Waals surface area contributed by atoms with Crippen LogP contribution in [0.5, 0.6) is 0 Å². The van der Waals surface area contributed by atoms with Crippen LogP contribution >= 0.6 is 0 Å². The average molecular weight is 229 g/mol. The molecule has 0 unspecified atom stereocenters. The maximum absolute atomic E-state index is 11.7. The molecule has 0 fully saturated rings. The number of nitrogens with zero attached hydrogens (tertiary/aromatic N) is 1. The van der Waals surface area contributed by atoms with Gasteiger partial charge in [0, 0.05) is 27.1 Å². The van der Waals surface area contributed by atoms with Crippen LogP contribution in [0.1, 0.15) is 26.7 Å². The number of hydrogen-bond donors (Lipinski definition) is 2. The third-order valence-electron chi connectivity index (χ3n) is 2.37. The summed E-state index contributed by atoms with van der Waals surface area (Å²) in [6.45, 7) is 4.46. The van der Waals surface area contributed by atoms with Gasteiger partial charge in [0.15, 0.2) is 0 Å². The van der Waals surface area contributed by atoms with Crippen molar-refractivity contribution in [2.45, 2.75) is 32.7 Å². The first kappa shape index (κ1) is 14.9. The van der Waals surface area contributed by atoms with E-state index in [2.05, 4.69) is 5.32 Å². The van der Waals surface area contributed by atoms with E-state index in [0.717, 1.165) is 0 Å². The van der Waals surface area contributed by atoms with E-state index in [-0.39, 0.29) is 11.8 Å². The number of amides is 2. The summed E-state index contributed by atoms with van der Waals surface area (Å²) < 4.78 is 0. The molecule has 0 bridgehead atoms. The molecule has 16 heavy (non-hydrogen) atoms. The normalized spacial score (nSPS) is 12.4. The minimum atomic E-state index is -0.463. The minimum absolute atomic E-state index is 0.0721. The molecule has 1 atom stereocenters. The Morgan fingerprint density at radius 3 is 2.38 bits per heavy atom. The lowest BCUT2D eigenvalue weighted by atomic mass is 10.0. The summed E-state index contributed by atoms with van der Waals surface area (Å²) >= 11 is 0. The number of rotatable bonds is 6. The van der Waals surface area contributed by atoms with Crippen molar-refractivity contribution in [2.75, 3.05) is 20.6 Å². The molecule has 3 N–H and O–H groups in total. The van der Waals surface area contributed by atoms with Crippen molar-refractivity contribution >= 4 is 11.8 Å². The van der Waals surface area contributed by atoms with Gasteiger partial charge in [0.05, 0.1) is 6.04 Å². The van der Waals surface area contributed by atoms with E-state index in [1.54, 1.807) is 14.1 Å². The van der Waals surface area contributed by atoms with Crippen LogP contribution in [0.4, 0.5) is 0 Å². The van der Waals surface area contributed by atoms with E-state index in [9.17, 15) is 9.59 Å². The molecule has 0 heterocycles. The Bertz CT molecular complexity index is 241. The van der Waals surface area contributed by atoms with Crippen LogP contribution in [0, 0.1) is 5.92 Å². The second-order valence-corrected chi connectivity index (χ2v) is 4.42. The van der Waals surface area contributed by atoms with Crippen molar-refractivity contribution in [2.24, 2.45) is 11.7 Å². The third kappa shape index (κ3) is 5.70. The number of nitrogens with two attached hydrogens (primary N) is 1. The summed E-state index contributed by atoms with van der Waals surface area (Å²) in [6.07, 6.45) is 0.982. The number of carbonyl (C=O) groups is 2. The minimum Gasteiger partial charge on any atom is -0.359 e. The third-order valence-corrected chi connectivity index (χ3v) is 2.37. The molecule has 2 amide bonds. The Morgan fingerprint density at radius 1 is 1.38 bits per heavy atom. The van der Waals surface area contributed by atoms with Gasteiger partial charge in [0.2, 0.25) is 11.8 Å². The van der Waals surface area contributed by atoms with Crippen molar-refractivity contribution < 1.29 is 9.59 Å². The van der Waals surface area contributed by atoms with E-state index in [1.807, 2.05) is 13.8 Å². The maximum Gasteiger partial charge on any atom is 0.239 e. The fourth-order valence-corrected chi connectivity index (χ4v) is 1.40. The summed E-state index contributed by atoms with van der Waals surface area (Å²) in [5.74, 6) is 0.223. The first-order chi connectivity index (χ1) is 7.38. The Balaban J connectivity index is 4.02. The van der Waals surface area contributed by atoms with Crippen molar-refractivity contribution in [1.29, 1.82) is 0 Å². The van der Waals surface area contributed by atoms with Gasteiger partial charge >= 0.3 is 0 Å². The zero-order chi connectivity index (χ0) is 12.7. The maximum atomic E-state index is 11.7. The second-order valence-electron chi connectivity index (χ2n) is 4.42. The molecule has 0 aliphatic heterocycles. The zero-order valence-electron chi connectivity index (χ0n) is 10.6. The summed E-state index contributed by atoms with van der Waals surface area (Å²) in [7, 11) is 3.25. The molecule has 0 aliphatic carbocycles. The molecule has 0 saturated heterocycles. The van der Waals surface area contributed by atoms with Crippen molar-refractivity contribution in [3.63, 3.8) is 0 Å².